The lowest BCUT2D eigenvalue weighted by Crippen LogP contribution is -2.25. The van der Waals surface area contributed by atoms with Gasteiger partial charge in [-0.1, -0.05) is 0 Å². The second kappa shape index (κ2) is 6.61. The van der Waals surface area contributed by atoms with Gasteiger partial charge in [-0.15, -0.1) is 0 Å². The molecule has 8 heteroatoms. The Balaban J connectivity index is 2.23. The molecule has 0 saturated heterocycles. The van der Waals surface area contributed by atoms with E-state index in [1.165, 1.54) is 64.8 Å². The summed E-state index contributed by atoms with van der Waals surface area (Å²) in [5, 5.41) is 19.2. The maximum absolute atomic E-state index is 13.6. The van der Waals surface area contributed by atoms with Gasteiger partial charge in [0.15, 0.2) is 0 Å². The zero-order valence-electron chi connectivity index (χ0n) is 13.1. The van der Waals surface area contributed by atoms with Crippen LogP contribution in [0.25, 0.3) is 0 Å². The number of alkyl halides is 3. The number of anilines is 2. The van der Waals surface area contributed by atoms with Crippen molar-refractivity contribution in [3.63, 3.8) is 0 Å². The second-order valence-electron chi connectivity index (χ2n) is 5.25. The number of rotatable bonds is 3. The number of benzene rings is 2. The summed E-state index contributed by atoms with van der Waals surface area (Å²) >= 11 is 0. The first-order chi connectivity index (χ1) is 12.4. The predicted molar refractivity (Wildman–Crippen MR) is 87.1 cm³/mol. The molecule has 3 rings (SSSR count). The molecule has 0 aliphatic carbocycles. The van der Waals surface area contributed by atoms with Crippen molar-refractivity contribution in [1.82, 2.24) is 9.66 Å². The fraction of sp³-hybridized carbons (Fsp3) is 0.0556. The fourth-order valence-electron chi connectivity index (χ4n) is 2.46. The molecular formula is C18H10F3N5. The molecular weight excluding hydrogens is 343 g/mol. The van der Waals surface area contributed by atoms with Gasteiger partial charge in [0.1, 0.15) is 6.33 Å². The van der Waals surface area contributed by atoms with E-state index < -0.39 is 11.7 Å². The van der Waals surface area contributed by atoms with Gasteiger partial charge in [0.25, 0.3) is 0 Å². The molecule has 0 atom stereocenters. The minimum Gasteiger partial charge on any atom is -0.248 e. The summed E-state index contributed by atoms with van der Waals surface area (Å²) in [4.78, 5) is 3.89. The van der Waals surface area contributed by atoms with E-state index in [4.69, 9.17) is 10.5 Å². The molecule has 0 aliphatic heterocycles. The van der Waals surface area contributed by atoms with Crippen LogP contribution in [-0.4, -0.2) is 9.66 Å². The Morgan fingerprint density at radius 2 is 1.62 bits per heavy atom. The van der Waals surface area contributed by atoms with Crippen LogP contribution in [-0.2, 0) is 6.18 Å². The summed E-state index contributed by atoms with van der Waals surface area (Å²) in [5.41, 5.74) is -0.423. The Labute approximate surface area is 146 Å². The summed E-state index contributed by atoms with van der Waals surface area (Å²) in [6, 6.07) is 13.1. The van der Waals surface area contributed by atoms with Crippen LogP contribution >= 0.6 is 0 Å². The third-order valence-electron chi connectivity index (χ3n) is 3.62. The Morgan fingerprint density at radius 3 is 2.15 bits per heavy atom. The van der Waals surface area contributed by atoms with Crippen molar-refractivity contribution in [2.45, 2.75) is 6.18 Å². The Kier molecular flexibility index (Phi) is 4.34. The zero-order chi connectivity index (χ0) is 18.7. The molecule has 3 aromatic rings. The van der Waals surface area contributed by atoms with E-state index in [0.717, 1.165) is 6.07 Å². The quantitative estimate of drug-likeness (QED) is 0.706. The van der Waals surface area contributed by atoms with E-state index in [1.54, 1.807) is 6.07 Å². The van der Waals surface area contributed by atoms with Gasteiger partial charge < -0.3 is 0 Å². The first kappa shape index (κ1) is 17.1. The van der Waals surface area contributed by atoms with Crippen LogP contribution in [0.5, 0.6) is 0 Å². The highest BCUT2D eigenvalue weighted by Gasteiger charge is 2.36. The average molecular weight is 353 g/mol. The topological polar surface area (TPSA) is 68.6 Å². The van der Waals surface area contributed by atoms with Gasteiger partial charge in [-0.2, -0.15) is 23.7 Å². The third-order valence-corrected chi connectivity index (χ3v) is 3.62. The lowest BCUT2D eigenvalue weighted by Gasteiger charge is -2.28. The van der Waals surface area contributed by atoms with Crippen LogP contribution < -0.4 is 5.01 Å². The highest BCUT2D eigenvalue weighted by atomic mass is 19.4. The molecule has 0 fully saturated rings. The molecule has 2 aromatic carbocycles. The fourth-order valence-corrected chi connectivity index (χ4v) is 2.46. The van der Waals surface area contributed by atoms with Gasteiger partial charge in [0.05, 0.1) is 40.2 Å². The Bertz CT molecular complexity index is 993. The summed E-state index contributed by atoms with van der Waals surface area (Å²) < 4.78 is 42.2. The number of halogens is 3. The molecule has 1 heterocycles. The maximum Gasteiger partial charge on any atom is 0.418 e. The maximum atomic E-state index is 13.6. The van der Waals surface area contributed by atoms with E-state index in [9.17, 15) is 13.2 Å². The molecule has 0 bridgehead atoms. The van der Waals surface area contributed by atoms with E-state index >= 15 is 0 Å². The van der Waals surface area contributed by atoms with Crippen LogP contribution in [0.1, 0.15) is 16.7 Å². The van der Waals surface area contributed by atoms with Gasteiger partial charge in [0.2, 0.25) is 0 Å². The third kappa shape index (κ3) is 3.21. The minimum atomic E-state index is -4.66. The lowest BCUT2D eigenvalue weighted by molar-refractivity contribution is -0.137. The van der Waals surface area contributed by atoms with Gasteiger partial charge in [0, 0.05) is 12.4 Å². The lowest BCUT2D eigenvalue weighted by atomic mass is 10.1. The van der Waals surface area contributed by atoms with E-state index in [0.29, 0.717) is 11.3 Å². The number of hydrogen-bond acceptors (Lipinski definition) is 4. The van der Waals surface area contributed by atoms with Crippen LogP contribution in [0.2, 0.25) is 0 Å². The first-order valence-corrected chi connectivity index (χ1v) is 7.34. The van der Waals surface area contributed by atoms with Crippen LogP contribution in [0.3, 0.4) is 0 Å². The first-order valence-electron chi connectivity index (χ1n) is 7.34. The van der Waals surface area contributed by atoms with Gasteiger partial charge in [-0.25, -0.2) is 14.7 Å². The van der Waals surface area contributed by atoms with Crippen molar-refractivity contribution >= 4 is 11.4 Å². The predicted octanol–water partition coefficient (Wildman–Crippen LogP) is 4.25. The number of nitriles is 2. The van der Waals surface area contributed by atoms with Crippen molar-refractivity contribution in [3.8, 4) is 12.1 Å². The monoisotopic (exact) mass is 353 g/mol. The molecule has 0 unspecified atom stereocenters. The molecule has 0 spiro atoms. The highest BCUT2D eigenvalue weighted by Crippen LogP contribution is 2.40. The molecule has 0 N–H and O–H groups in total. The Hall–Kier alpha value is -3.78. The van der Waals surface area contributed by atoms with E-state index in [-0.39, 0.29) is 11.3 Å². The smallest absolute Gasteiger partial charge is 0.248 e. The molecule has 0 saturated carbocycles. The van der Waals surface area contributed by atoms with Gasteiger partial charge >= 0.3 is 6.18 Å². The SMILES string of the molecule is N#Cc1ccc(N(c2ccc(C#N)cc2C(F)(F)F)n2ccnc2)cc1. The van der Waals surface area contributed by atoms with Crippen LogP contribution in [0.15, 0.2) is 61.2 Å². The molecule has 1 aromatic heterocycles. The van der Waals surface area contributed by atoms with Crippen LogP contribution in [0.4, 0.5) is 24.5 Å². The summed E-state index contributed by atoms with van der Waals surface area (Å²) in [6.45, 7) is 0. The summed E-state index contributed by atoms with van der Waals surface area (Å²) in [5.74, 6) is 0. The van der Waals surface area contributed by atoms with Gasteiger partial charge in [-0.3, -0.25) is 0 Å². The second-order valence-corrected chi connectivity index (χ2v) is 5.25. The largest absolute Gasteiger partial charge is 0.418 e. The normalized spacial score (nSPS) is 10.8. The van der Waals surface area contributed by atoms with Crippen molar-refractivity contribution in [2.75, 3.05) is 5.01 Å². The molecule has 0 radical (unpaired) electrons. The van der Waals surface area contributed by atoms with Crippen LogP contribution in [0, 0.1) is 22.7 Å². The number of nitrogens with zero attached hydrogens (tertiary/aromatic N) is 5. The van der Waals surface area contributed by atoms with Crippen molar-refractivity contribution in [1.29, 1.82) is 10.5 Å². The average Bonchev–Trinajstić information content (AvgIpc) is 3.16. The van der Waals surface area contributed by atoms with Crippen molar-refractivity contribution in [2.24, 2.45) is 0 Å². The molecule has 128 valence electrons. The molecule has 5 nitrogen and oxygen atoms in total. The van der Waals surface area contributed by atoms with Crippen molar-refractivity contribution < 1.29 is 13.2 Å². The number of aromatic nitrogens is 2. The highest BCUT2D eigenvalue weighted by molar-refractivity contribution is 5.68. The number of hydrogen-bond donors (Lipinski definition) is 0. The Morgan fingerprint density at radius 1 is 0.962 bits per heavy atom. The van der Waals surface area contributed by atoms with E-state index in [1.807, 2.05) is 6.07 Å². The van der Waals surface area contributed by atoms with Crippen molar-refractivity contribution in [3.05, 3.63) is 77.9 Å². The summed E-state index contributed by atoms with van der Waals surface area (Å²) in [6.07, 6.45) is -0.367. The minimum absolute atomic E-state index is 0.0912. The number of imidazole rings is 1. The molecule has 0 amide bonds. The van der Waals surface area contributed by atoms with Gasteiger partial charge in [-0.05, 0) is 42.5 Å². The summed E-state index contributed by atoms with van der Waals surface area (Å²) in [7, 11) is 0. The zero-order valence-corrected chi connectivity index (χ0v) is 13.1. The standard InChI is InChI=1S/C18H10F3N5/c19-18(20,21)16-9-14(11-23)3-6-17(16)26(25-8-7-24-12-25)15-4-1-13(10-22)2-5-15/h1-9,12H. The molecule has 0 aliphatic rings. The molecule has 26 heavy (non-hydrogen) atoms. The van der Waals surface area contributed by atoms with E-state index in [2.05, 4.69) is 4.98 Å².